The highest BCUT2D eigenvalue weighted by Crippen LogP contribution is 2.27. The Hall–Kier alpha value is -3.67. The van der Waals surface area contributed by atoms with Crippen molar-refractivity contribution in [2.45, 2.75) is 6.54 Å². The van der Waals surface area contributed by atoms with Crippen LogP contribution in [-0.2, 0) is 6.54 Å². The first-order valence-corrected chi connectivity index (χ1v) is 8.34. The highest BCUT2D eigenvalue weighted by atomic mass is 16.3. The van der Waals surface area contributed by atoms with Crippen molar-refractivity contribution in [3.8, 4) is 11.5 Å². The lowest BCUT2D eigenvalue weighted by Crippen LogP contribution is -2.04. The van der Waals surface area contributed by atoms with Gasteiger partial charge in [0.2, 0.25) is 0 Å². The van der Waals surface area contributed by atoms with E-state index in [1.54, 1.807) is 10.7 Å². The van der Waals surface area contributed by atoms with Gasteiger partial charge in [0, 0.05) is 11.6 Å². The average molecular weight is 341 g/mol. The molecule has 26 heavy (non-hydrogen) atoms. The molecule has 5 rings (SSSR count). The Bertz CT molecular complexity index is 1160. The van der Waals surface area contributed by atoms with E-state index in [9.17, 15) is 0 Å². The van der Waals surface area contributed by atoms with E-state index in [0.29, 0.717) is 6.54 Å². The van der Waals surface area contributed by atoms with Gasteiger partial charge in [-0.3, -0.25) is 4.98 Å². The SMILES string of the molecule is c1ccc(CNc2ccc3nc(-c4cc5ccccc5o4)cn3n2)nc1. The van der Waals surface area contributed by atoms with Gasteiger partial charge in [-0.25, -0.2) is 9.50 Å². The van der Waals surface area contributed by atoms with Crippen LogP contribution in [0.15, 0.2) is 77.5 Å². The van der Waals surface area contributed by atoms with Gasteiger partial charge in [0.1, 0.15) is 17.1 Å². The van der Waals surface area contributed by atoms with Gasteiger partial charge in [0.05, 0.1) is 18.4 Å². The maximum Gasteiger partial charge on any atom is 0.155 e. The molecule has 6 nitrogen and oxygen atoms in total. The molecule has 0 unspecified atom stereocenters. The number of nitrogens with one attached hydrogen (secondary N) is 1. The van der Waals surface area contributed by atoms with Gasteiger partial charge in [0.25, 0.3) is 0 Å². The third kappa shape index (κ3) is 2.67. The van der Waals surface area contributed by atoms with Crippen molar-refractivity contribution in [3.05, 3.63) is 78.8 Å². The van der Waals surface area contributed by atoms with E-state index in [1.165, 1.54) is 0 Å². The molecule has 0 fully saturated rings. The number of nitrogens with zero attached hydrogens (tertiary/aromatic N) is 4. The quantitative estimate of drug-likeness (QED) is 0.532. The molecule has 1 aromatic carbocycles. The second-order valence-corrected chi connectivity index (χ2v) is 5.97. The Morgan fingerprint density at radius 2 is 1.92 bits per heavy atom. The van der Waals surface area contributed by atoms with Crippen LogP contribution < -0.4 is 5.32 Å². The number of imidazole rings is 1. The molecule has 0 radical (unpaired) electrons. The molecular formula is C20H15N5O. The zero-order chi connectivity index (χ0) is 17.3. The van der Waals surface area contributed by atoms with Crippen LogP contribution in [0.5, 0.6) is 0 Å². The number of aromatic nitrogens is 4. The second kappa shape index (κ2) is 6.00. The van der Waals surface area contributed by atoms with Crippen LogP contribution in [-0.4, -0.2) is 19.6 Å². The number of benzene rings is 1. The molecule has 4 heterocycles. The molecule has 0 aliphatic rings. The second-order valence-electron chi connectivity index (χ2n) is 5.97. The summed E-state index contributed by atoms with van der Waals surface area (Å²) in [5.41, 5.74) is 3.34. The molecule has 0 bridgehead atoms. The summed E-state index contributed by atoms with van der Waals surface area (Å²) >= 11 is 0. The van der Waals surface area contributed by atoms with Crippen LogP contribution in [0.25, 0.3) is 28.1 Å². The Balaban J connectivity index is 1.44. The Labute approximate surface area is 149 Å². The van der Waals surface area contributed by atoms with E-state index in [1.807, 2.05) is 66.9 Å². The summed E-state index contributed by atoms with van der Waals surface area (Å²) in [6.07, 6.45) is 3.65. The minimum atomic E-state index is 0.616. The van der Waals surface area contributed by atoms with Crippen LogP contribution >= 0.6 is 0 Å². The third-order valence-electron chi connectivity index (χ3n) is 4.17. The Morgan fingerprint density at radius 1 is 1.00 bits per heavy atom. The number of para-hydroxylation sites is 1. The summed E-state index contributed by atoms with van der Waals surface area (Å²) in [7, 11) is 0. The fourth-order valence-corrected chi connectivity index (χ4v) is 2.89. The van der Waals surface area contributed by atoms with Crippen molar-refractivity contribution in [1.29, 1.82) is 0 Å². The average Bonchev–Trinajstić information content (AvgIpc) is 3.30. The van der Waals surface area contributed by atoms with Crippen molar-refractivity contribution in [3.63, 3.8) is 0 Å². The lowest BCUT2D eigenvalue weighted by atomic mass is 10.2. The topological polar surface area (TPSA) is 68.2 Å². The van der Waals surface area contributed by atoms with Crippen LogP contribution in [0.3, 0.4) is 0 Å². The fraction of sp³-hybridized carbons (Fsp3) is 0.0500. The molecule has 0 aliphatic carbocycles. The van der Waals surface area contributed by atoms with Gasteiger partial charge < -0.3 is 9.73 Å². The van der Waals surface area contributed by atoms with Crippen molar-refractivity contribution in [2.75, 3.05) is 5.32 Å². The van der Waals surface area contributed by atoms with Gasteiger partial charge in [0.15, 0.2) is 11.4 Å². The van der Waals surface area contributed by atoms with Gasteiger partial charge in [-0.2, -0.15) is 0 Å². The van der Waals surface area contributed by atoms with E-state index in [-0.39, 0.29) is 0 Å². The molecule has 0 spiro atoms. The van der Waals surface area contributed by atoms with E-state index >= 15 is 0 Å². The van der Waals surface area contributed by atoms with Gasteiger partial charge in [-0.15, -0.1) is 5.10 Å². The first-order chi connectivity index (χ1) is 12.8. The molecule has 6 heteroatoms. The minimum absolute atomic E-state index is 0.616. The first-order valence-electron chi connectivity index (χ1n) is 8.34. The number of pyridine rings is 1. The van der Waals surface area contributed by atoms with Crippen molar-refractivity contribution in [2.24, 2.45) is 0 Å². The minimum Gasteiger partial charge on any atom is -0.454 e. The molecule has 0 aliphatic heterocycles. The van der Waals surface area contributed by atoms with E-state index in [2.05, 4.69) is 20.4 Å². The monoisotopic (exact) mass is 341 g/mol. The lowest BCUT2D eigenvalue weighted by Gasteiger charge is -2.04. The van der Waals surface area contributed by atoms with E-state index in [0.717, 1.165) is 39.6 Å². The lowest BCUT2D eigenvalue weighted by molar-refractivity contribution is 0.629. The number of furan rings is 1. The molecule has 0 amide bonds. The maximum absolute atomic E-state index is 5.89. The normalized spacial score (nSPS) is 11.2. The van der Waals surface area contributed by atoms with Crippen molar-refractivity contribution < 1.29 is 4.42 Å². The van der Waals surface area contributed by atoms with Gasteiger partial charge in [-0.05, 0) is 36.4 Å². The molecule has 126 valence electrons. The van der Waals surface area contributed by atoms with Gasteiger partial charge >= 0.3 is 0 Å². The van der Waals surface area contributed by atoms with Crippen LogP contribution in [0, 0.1) is 0 Å². The molecule has 0 saturated carbocycles. The summed E-state index contributed by atoms with van der Waals surface area (Å²) < 4.78 is 7.64. The standard InChI is InChI=1S/C20H15N5O/c1-2-7-17-14(5-1)11-18(26-17)16-13-25-20(23-16)9-8-19(24-25)22-12-15-6-3-4-10-21-15/h1-11,13H,12H2,(H,22,24). The molecule has 0 atom stereocenters. The van der Waals surface area contributed by atoms with Gasteiger partial charge in [-0.1, -0.05) is 24.3 Å². The van der Waals surface area contributed by atoms with Crippen molar-refractivity contribution >= 4 is 22.4 Å². The third-order valence-corrected chi connectivity index (χ3v) is 4.17. The predicted octanol–water partition coefficient (Wildman–Crippen LogP) is 4.15. The van der Waals surface area contributed by atoms with Crippen LogP contribution in [0.2, 0.25) is 0 Å². The number of hydrogen-bond acceptors (Lipinski definition) is 5. The Kier molecular flexibility index (Phi) is 3.38. The summed E-state index contributed by atoms with van der Waals surface area (Å²) in [6.45, 7) is 0.616. The molecule has 5 aromatic rings. The smallest absolute Gasteiger partial charge is 0.155 e. The zero-order valence-electron chi connectivity index (χ0n) is 13.8. The highest BCUT2D eigenvalue weighted by Gasteiger charge is 2.11. The summed E-state index contributed by atoms with van der Waals surface area (Å²) in [4.78, 5) is 8.90. The summed E-state index contributed by atoms with van der Waals surface area (Å²) in [5.74, 6) is 1.50. The van der Waals surface area contributed by atoms with Crippen LogP contribution in [0.4, 0.5) is 5.82 Å². The number of rotatable bonds is 4. The molecule has 0 saturated heterocycles. The fourth-order valence-electron chi connectivity index (χ4n) is 2.89. The first kappa shape index (κ1) is 14.7. The maximum atomic E-state index is 5.89. The molecular weight excluding hydrogens is 326 g/mol. The van der Waals surface area contributed by atoms with Crippen LogP contribution in [0.1, 0.15) is 5.69 Å². The highest BCUT2D eigenvalue weighted by molar-refractivity contribution is 5.82. The van der Waals surface area contributed by atoms with Crippen molar-refractivity contribution in [1.82, 2.24) is 19.6 Å². The number of anilines is 1. The number of hydrogen-bond donors (Lipinski definition) is 1. The van der Waals surface area contributed by atoms with E-state index < -0.39 is 0 Å². The largest absolute Gasteiger partial charge is 0.454 e. The zero-order valence-corrected chi connectivity index (χ0v) is 13.8. The number of fused-ring (bicyclic) bond motifs is 2. The Morgan fingerprint density at radius 3 is 2.81 bits per heavy atom. The predicted molar refractivity (Wildman–Crippen MR) is 99.8 cm³/mol. The molecule has 1 N–H and O–H groups in total. The van der Waals surface area contributed by atoms with E-state index in [4.69, 9.17) is 4.42 Å². The summed E-state index contributed by atoms with van der Waals surface area (Å²) in [6, 6.07) is 19.6. The molecule has 4 aromatic heterocycles. The summed E-state index contributed by atoms with van der Waals surface area (Å²) in [5, 5.41) is 8.90.